The third-order valence-corrected chi connectivity index (χ3v) is 4.93. The molecule has 0 aromatic heterocycles. The van der Waals surface area contributed by atoms with Crippen molar-refractivity contribution in [3.63, 3.8) is 0 Å². The monoisotopic (exact) mass is 351 g/mol. The third kappa shape index (κ3) is 5.00. The van der Waals surface area contributed by atoms with Gasteiger partial charge >= 0.3 is 0 Å². The van der Waals surface area contributed by atoms with Gasteiger partial charge in [-0.15, -0.1) is 11.8 Å². The molecule has 0 aliphatic heterocycles. The Balaban J connectivity index is 1.43. The number of ether oxygens (including phenoxy) is 1. The molecule has 0 radical (unpaired) electrons. The van der Waals surface area contributed by atoms with Gasteiger partial charge in [-0.1, -0.05) is 48.5 Å². The fourth-order valence-electron chi connectivity index (χ4n) is 2.50. The third-order valence-electron chi connectivity index (χ3n) is 3.82. The highest BCUT2D eigenvalue weighted by atomic mass is 32.2. The Kier molecular flexibility index (Phi) is 5.96. The lowest BCUT2D eigenvalue weighted by Crippen LogP contribution is -2.33. The van der Waals surface area contributed by atoms with E-state index in [1.807, 2.05) is 67.6 Å². The van der Waals surface area contributed by atoms with Crippen LogP contribution in [-0.2, 0) is 4.79 Å². The van der Waals surface area contributed by atoms with Crippen molar-refractivity contribution in [1.29, 1.82) is 0 Å². The molecule has 0 aliphatic carbocycles. The van der Waals surface area contributed by atoms with Crippen LogP contribution < -0.4 is 10.1 Å². The zero-order chi connectivity index (χ0) is 17.5. The molecule has 1 atom stereocenters. The molecular weight excluding hydrogens is 330 g/mol. The summed E-state index contributed by atoms with van der Waals surface area (Å²) in [7, 11) is 0. The summed E-state index contributed by atoms with van der Waals surface area (Å²) in [6.07, 6.45) is 0. The minimum Gasteiger partial charge on any atom is -0.492 e. The first-order chi connectivity index (χ1) is 12.2. The molecule has 1 unspecified atom stereocenters. The molecule has 1 N–H and O–H groups in total. The molecule has 3 nitrogen and oxygen atoms in total. The number of thioether (sulfide) groups is 1. The summed E-state index contributed by atoms with van der Waals surface area (Å²) in [6, 6.07) is 24.1. The Morgan fingerprint density at radius 2 is 1.72 bits per heavy atom. The molecule has 4 heteroatoms. The summed E-state index contributed by atoms with van der Waals surface area (Å²) in [6.45, 7) is 2.86. The lowest BCUT2D eigenvalue weighted by atomic mass is 10.1. The lowest BCUT2D eigenvalue weighted by Gasteiger charge is -2.12. The highest BCUT2D eigenvalue weighted by molar-refractivity contribution is 8.00. The number of carbonyl (C=O) groups is 1. The van der Waals surface area contributed by atoms with Crippen LogP contribution in [0.2, 0.25) is 0 Å². The first kappa shape index (κ1) is 17.4. The summed E-state index contributed by atoms with van der Waals surface area (Å²) in [4.78, 5) is 13.2. The summed E-state index contributed by atoms with van der Waals surface area (Å²) < 4.78 is 5.74. The maximum atomic E-state index is 12.1. The molecule has 0 bridgehead atoms. The van der Waals surface area contributed by atoms with Gasteiger partial charge in [0.25, 0.3) is 0 Å². The van der Waals surface area contributed by atoms with E-state index in [2.05, 4.69) is 17.4 Å². The maximum absolute atomic E-state index is 12.1. The molecule has 25 heavy (non-hydrogen) atoms. The van der Waals surface area contributed by atoms with E-state index >= 15 is 0 Å². The SMILES string of the molecule is CC(Sc1ccccc1)C(=O)NCCOc1ccc2ccccc2c1. The molecule has 0 heterocycles. The average Bonchev–Trinajstić information content (AvgIpc) is 2.65. The van der Waals surface area contributed by atoms with Crippen LogP contribution in [0.1, 0.15) is 6.92 Å². The second-order valence-electron chi connectivity index (χ2n) is 5.72. The van der Waals surface area contributed by atoms with E-state index in [9.17, 15) is 4.79 Å². The Morgan fingerprint density at radius 3 is 2.52 bits per heavy atom. The maximum Gasteiger partial charge on any atom is 0.233 e. The fraction of sp³-hybridized carbons (Fsp3) is 0.190. The van der Waals surface area contributed by atoms with E-state index in [4.69, 9.17) is 4.74 Å². The van der Waals surface area contributed by atoms with E-state index in [1.165, 1.54) is 5.39 Å². The predicted octanol–water partition coefficient (Wildman–Crippen LogP) is 4.52. The number of nitrogens with one attached hydrogen (secondary N) is 1. The summed E-state index contributed by atoms with van der Waals surface area (Å²) >= 11 is 1.55. The Morgan fingerprint density at radius 1 is 1.00 bits per heavy atom. The second-order valence-corrected chi connectivity index (χ2v) is 7.14. The number of carbonyl (C=O) groups excluding carboxylic acids is 1. The van der Waals surface area contributed by atoms with Gasteiger partial charge in [-0.3, -0.25) is 4.79 Å². The number of hydrogen-bond acceptors (Lipinski definition) is 3. The highest BCUT2D eigenvalue weighted by Gasteiger charge is 2.13. The van der Waals surface area contributed by atoms with E-state index in [0.717, 1.165) is 16.0 Å². The highest BCUT2D eigenvalue weighted by Crippen LogP contribution is 2.22. The second kappa shape index (κ2) is 8.58. The first-order valence-corrected chi connectivity index (χ1v) is 9.21. The van der Waals surface area contributed by atoms with Crippen molar-refractivity contribution in [3.05, 3.63) is 72.8 Å². The average molecular weight is 351 g/mol. The van der Waals surface area contributed by atoms with Crippen molar-refractivity contribution in [3.8, 4) is 5.75 Å². The van der Waals surface area contributed by atoms with Gasteiger partial charge in [0, 0.05) is 4.90 Å². The standard InChI is InChI=1S/C21H21NO2S/c1-16(25-20-9-3-2-4-10-20)21(23)22-13-14-24-19-12-11-17-7-5-6-8-18(17)15-19/h2-12,15-16H,13-14H2,1H3,(H,22,23). The van der Waals surface area contributed by atoms with Crippen molar-refractivity contribution >= 4 is 28.4 Å². The van der Waals surface area contributed by atoms with Gasteiger partial charge < -0.3 is 10.1 Å². The molecule has 0 saturated carbocycles. The largest absolute Gasteiger partial charge is 0.492 e. The summed E-state index contributed by atoms with van der Waals surface area (Å²) in [5.41, 5.74) is 0. The van der Waals surface area contributed by atoms with E-state index in [1.54, 1.807) is 11.8 Å². The van der Waals surface area contributed by atoms with Crippen LogP contribution >= 0.6 is 11.8 Å². The van der Waals surface area contributed by atoms with Gasteiger partial charge in [0.1, 0.15) is 12.4 Å². The number of hydrogen-bond donors (Lipinski definition) is 1. The normalized spacial score (nSPS) is 11.9. The number of rotatable bonds is 7. The van der Waals surface area contributed by atoms with Crippen molar-refractivity contribution in [2.45, 2.75) is 17.1 Å². The molecular formula is C21H21NO2S. The van der Waals surface area contributed by atoms with Gasteiger partial charge in [0.15, 0.2) is 0 Å². The summed E-state index contributed by atoms with van der Waals surface area (Å²) in [5.74, 6) is 0.843. The lowest BCUT2D eigenvalue weighted by molar-refractivity contribution is -0.120. The van der Waals surface area contributed by atoms with Gasteiger partial charge in [-0.2, -0.15) is 0 Å². The number of benzene rings is 3. The zero-order valence-corrected chi connectivity index (χ0v) is 15.0. The molecule has 0 aliphatic rings. The Hall–Kier alpha value is -2.46. The van der Waals surface area contributed by atoms with E-state index < -0.39 is 0 Å². The van der Waals surface area contributed by atoms with E-state index in [0.29, 0.717) is 13.2 Å². The van der Waals surface area contributed by atoms with Gasteiger partial charge in [-0.05, 0) is 42.0 Å². The van der Waals surface area contributed by atoms with E-state index in [-0.39, 0.29) is 11.2 Å². The smallest absolute Gasteiger partial charge is 0.233 e. The zero-order valence-electron chi connectivity index (χ0n) is 14.1. The minimum absolute atomic E-state index is 0.0240. The van der Waals surface area contributed by atoms with Gasteiger partial charge in [0.05, 0.1) is 11.8 Å². The molecule has 128 valence electrons. The molecule has 0 spiro atoms. The first-order valence-electron chi connectivity index (χ1n) is 8.33. The van der Waals surface area contributed by atoms with Gasteiger partial charge in [-0.25, -0.2) is 0 Å². The van der Waals surface area contributed by atoms with Crippen LogP contribution in [0, 0.1) is 0 Å². The van der Waals surface area contributed by atoms with Crippen LogP contribution in [0.25, 0.3) is 10.8 Å². The van der Waals surface area contributed by atoms with Crippen molar-refractivity contribution in [2.75, 3.05) is 13.2 Å². The number of amides is 1. The molecule has 0 saturated heterocycles. The van der Waals surface area contributed by atoms with Crippen LogP contribution in [0.5, 0.6) is 5.75 Å². The fourth-order valence-corrected chi connectivity index (χ4v) is 3.41. The van der Waals surface area contributed by atoms with Crippen molar-refractivity contribution in [2.24, 2.45) is 0 Å². The van der Waals surface area contributed by atoms with Crippen LogP contribution in [0.15, 0.2) is 77.7 Å². The summed E-state index contributed by atoms with van der Waals surface area (Å²) in [5, 5.41) is 5.13. The predicted molar refractivity (Wildman–Crippen MR) is 104 cm³/mol. The van der Waals surface area contributed by atoms with Crippen LogP contribution in [0.4, 0.5) is 0 Å². The topological polar surface area (TPSA) is 38.3 Å². The van der Waals surface area contributed by atoms with Crippen molar-refractivity contribution < 1.29 is 9.53 Å². The van der Waals surface area contributed by atoms with Gasteiger partial charge in [0.2, 0.25) is 5.91 Å². The molecule has 0 fully saturated rings. The van der Waals surface area contributed by atoms with Crippen LogP contribution in [0.3, 0.4) is 0 Å². The Labute approximate surface area is 152 Å². The molecule has 1 amide bonds. The molecule has 3 aromatic carbocycles. The van der Waals surface area contributed by atoms with Crippen LogP contribution in [-0.4, -0.2) is 24.3 Å². The van der Waals surface area contributed by atoms with Crippen molar-refractivity contribution in [1.82, 2.24) is 5.32 Å². The number of fused-ring (bicyclic) bond motifs is 1. The Bertz CT molecular complexity index is 835. The molecule has 3 rings (SSSR count). The quantitative estimate of drug-likeness (QED) is 0.502. The molecule has 3 aromatic rings. The minimum atomic E-state index is -0.136.